The molecule has 0 amide bonds. The van der Waals surface area contributed by atoms with Crippen molar-refractivity contribution in [2.45, 2.75) is 63.2 Å². The summed E-state index contributed by atoms with van der Waals surface area (Å²) >= 11 is 0. The van der Waals surface area contributed by atoms with Gasteiger partial charge >= 0.3 is 5.97 Å². The highest BCUT2D eigenvalue weighted by Crippen LogP contribution is 2.41. The topological polar surface area (TPSA) is 54.4 Å². The fourth-order valence-electron chi connectivity index (χ4n) is 3.44. The van der Waals surface area contributed by atoms with Crippen molar-refractivity contribution < 1.29 is 14.7 Å². The highest BCUT2D eigenvalue weighted by atomic mass is 16.4. The molecule has 0 heterocycles. The number of aliphatic carboxylic acids is 1. The molecule has 0 atom stereocenters. The Bertz CT molecular complexity index is 472. The van der Waals surface area contributed by atoms with E-state index in [2.05, 4.69) is 12.1 Å². The van der Waals surface area contributed by atoms with Gasteiger partial charge in [-0.25, -0.2) is 0 Å². The molecular formula is C18H24O3. The maximum atomic E-state index is 12.8. The molecular weight excluding hydrogens is 264 g/mol. The third-order valence-electron chi connectivity index (χ3n) is 4.61. The number of benzene rings is 1. The van der Waals surface area contributed by atoms with Gasteiger partial charge in [0.05, 0.1) is 5.41 Å². The zero-order valence-electron chi connectivity index (χ0n) is 12.5. The number of rotatable bonds is 7. The summed E-state index contributed by atoms with van der Waals surface area (Å²) in [5.41, 5.74) is 0.830. The maximum absolute atomic E-state index is 12.8. The Morgan fingerprint density at radius 2 is 1.57 bits per heavy atom. The fraction of sp³-hybridized carbons (Fsp3) is 0.556. The second-order valence-electron chi connectivity index (χ2n) is 6.03. The molecule has 1 saturated carbocycles. The smallest absolute Gasteiger partial charge is 0.303 e. The normalized spacial score (nSPS) is 17.3. The number of hydrogen-bond acceptors (Lipinski definition) is 2. The van der Waals surface area contributed by atoms with E-state index in [0.29, 0.717) is 25.0 Å². The van der Waals surface area contributed by atoms with E-state index in [9.17, 15) is 9.59 Å². The van der Waals surface area contributed by atoms with Gasteiger partial charge in [-0.2, -0.15) is 0 Å². The Kier molecular flexibility index (Phi) is 5.54. The van der Waals surface area contributed by atoms with Gasteiger partial charge < -0.3 is 5.11 Å². The maximum Gasteiger partial charge on any atom is 0.303 e. The van der Waals surface area contributed by atoms with Crippen LogP contribution in [0.15, 0.2) is 30.3 Å². The minimum absolute atomic E-state index is 0.158. The molecule has 1 aromatic carbocycles. The first-order chi connectivity index (χ1) is 10.1. The summed E-state index contributed by atoms with van der Waals surface area (Å²) in [6.07, 6.45) is 7.23. The van der Waals surface area contributed by atoms with Gasteiger partial charge in [0.1, 0.15) is 5.78 Å². The number of carbonyl (C=O) groups excluding carboxylic acids is 1. The molecule has 3 nitrogen and oxygen atoms in total. The number of hydrogen-bond donors (Lipinski definition) is 1. The summed E-state index contributed by atoms with van der Waals surface area (Å²) in [6.45, 7) is 0. The summed E-state index contributed by atoms with van der Waals surface area (Å²) in [5.74, 6) is -0.475. The molecule has 0 saturated heterocycles. The second-order valence-corrected chi connectivity index (χ2v) is 6.03. The first-order valence-electron chi connectivity index (χ1n) is 7.96. The molecule has 1 fully saturated rings. The van der Waals surface area contributed by atoms with Crippen LogP contribution in [-0.2, 0) is 15.0 Å². The van der Waals surface area contributed by atoms with Gasteiger partial charge in [0.2, 0.25) is 0 Å². The van der Waals surface area contributed by atoms with Crippen LogP contribution in [0.5, 0.6) is 0 Å². The zero-order chi connectivity index (χ0) is 15.1. The van der Waals surface area contributed by atoms with E-state index in [4.69, 9.17) is 5.11 Å². The molecule has 0 spiro atoms. The molecule has 1 aliphatic rings. The predicted octanol–water partition coefficient (Wildman–Crippen LogP) is 4.10. The van der Waals surface area contributed by atoms with Crippen LogP contribution in [0, 0.1) is 0 Å². The highest BCUT2D eigenvalue weighted by Gasteiger charge is 2.39. The van der Waals surface area contributed by atoms with E-state index in [1.165, 1.54) is 6.42 Å². The van der Waals surface area contributed by atoms with Crippen molar-refractivity contribution in [2.24, 2.45) is 0 Å². The van der Waals surface area contributed by atoms with Gasteiger partial charge in [0, 0.05) is 12.8 Å². The van der Waals surface area contributed by atoms with Crippen LogP contribution in [-0.4, -0.2) is 16.9 Å². The van der Waals surface area contributed by atoms with Crippen LogP contribution in [0.1, 0.15) is 63.4 Å². The van der Waals surface area contributed by atoms with E-state index in [1.807, 2.05) is 18.2 Å². The Labute approximate surface area is 126 Å². The molecule has 1 N–H and O–H groups in total. The third-order valence-corrected chi connectivity index (χ3v) is 4.61. The minimum Gasteiger partial charge on any atom is -0.481 e. The second kappa shape index (κ2) is 7.39. The number of carboxylic acid groups (broad SMARTS) is 1. The van der Waals surface area contributed by atoms with Crippen LogP contribution < -0.4 is 0 Å². The van der Waals surface area contributed by atoms with E-state index < -0.39 is 5.97 Å². The van der Waals surface area contributed by atoms with Gasteiger partial charge in [-0.15, -0.1) is 0 Å². The van der Waals surface area contributed by atoms with Crippen molar-refractivity contribution >= 4 is 11.8 Å². The lowest BCUT2D eigenvalue weighted by atomic mass is 9.66. The molecule has 3 heteroatoms. The molecule has 0 aromatic heterocycles. The summed E-state index contributed by atoms with van der Waals surface area (Å²) < 4.78 is 0. The van der Waals surface area contributed by atoms with Crippen molar-refractivity contribution in [2.75, 3.05) is 0 Å². The van der Waals surface area contributed by atoms with E-state index >= 15 is 0 Å². The molecule has 1 aliphatic carbocycles. The quantitative estimate of drug-likeness (QED) is 0.768. The van der Waals surface area contributed by atoms with Crippen LogP contribution >= 0.6 is 0 Å². The standard InChI is InChI=1S/C18H24O3/c19-16(11-5-6-12-17(20)21)18(13-7-2-8-14-18)15-9-3-1-4-10-15/h1,3-4,9-10H,2,5-8,11-14H2,(H,20,21). The number of carboxylic acids is 1. The van der Waals surface area contributed by atoms with Crippen molar-refractivity contribution in [1.82, 2.24) is 0 Å². The van der Waals surface area contributed by atoms with Gasteiger partial charge in [0.25, 0.3) is 0 Å². The Morgan fingerprint density at radius 1 is 0.952 bits per heavy atom. The molecule has 0 radical (unpaired) electrons. The van der Waals surface area contributed by atoms with Crippen molar-refractivity contribution in [3.05, 3.63) is 35.9 Å². The van der Waals surface area contributed by atoms with E-state index in [-0.39, 0.29) is 11.8 Å². The largest absolute Gasteiger partial charge is 0.481 e. The summed E-state index contributed by atoms with van der Waals surface area (Å²) in [7, 11) is 0. The van der Waals surface area contributed by atoms with E-state index in [0.717, 1.165) is 31.2 Å². The minimum atomic E-state index is -0.780. The summed E-state index contributed by atoms with van der Waals surface area (Å²) in [5, 5.41) is 8.67. The lowest BCUT2D eigenvalue weighted by Crippen LogP contribution is -2.37. The molecule has 1 aromatic rings. The predicted molar refractivity (Wildman–Crippen MR) is 82.3 cm³/mol. The number of carbonyl (C=O) groups is 2. The summed E-state index contributed by atoms with van der Waals surface area (Å²) in [4.78, 5) is 23.4. The van der Waals surface area contributed by atoms with Gasteiger partial charge in [-0.05, 0) is 31.2 Å². The monoisotopic (exact) mass is 288 g/mol. The summed E-state index contributed by atoms with van der Waals surface area (Å²) in [6, 6.07) is 10.1. The third kappa shape index (κ3) is 3.93. The molecule has 0 bridgehead atoms. The Balaban J connectivity index is 2.05. The highest BCUT2D eigenvalue weighted by molar-refractivity contribution is 5.90. The Hall–Kier alpha value is -1.64. The van der Waals surface area contributed by atoms with Gasteiger partial charge in [-0.1, -0.05) is 49.6 Å². The van der Waals surface area contributed by atoms with Crippen molar-refractivity contribution in [3.8, 4) is 0 Å². The van der Waals surface area contributed by atoms with Crippen LogP contribution in [0.3, 0.4) is 0 Å². The number of ketones is 1. The Morgan fingerprint density at radius 3 is 2.19 bits per heavy atom. The molecule has 0 unspecified atom stereocenters. The first kappa shape index (κ1) is 15.7. The van der Waals surface area contributed by atoms with Crippen LogP contribution in [0.2, 0.25) is 0 Å². The SMILES string of the molecule is O=C(O)CCCCC(=O)C1(c2ccccc2)CCCCC1. The van der Waals surface area contributed by atoms with E-state index in [1.54, 1.807) is 0 Å². The van der Waals surface area contributed by atoms with Crippen LogP contribution in [0.4, 0.5) is 0 Å². The lowest BCUT2D eigenvalue weighted by Gasteiger charge is -2.36. The number of unbranched alkanes of at least 4 members (excludes halogenated alkanes) is 1. The first-order valence-corrected chi connectivity index (χ1v) is 7.96. The van der Waals surface area contributed by atoms with Crippen LogP contribution in [0.25, 0.3) is 0 Å². The molecule has 2 rings (SSSR count). The molecule has 21 heavy (non-hydrogen) atoms. The average molecular weight is 288 g/mol. The zero-order valence-corrected chi connectivity index (χ0v) is 12.5. The lowest BCUT2D eigenvalue weighted by molar-refractivity contribution is -0.137. The molecule has 114 valence electrons. The fourth-order valence-corrected chi connectivity index (χ4v) is 3.44. The van der Waals surface area contributed by atoms with Crippen molar-refractivity contribution in [3.63, 3.8) is 0 Å². The van der Waals surface area contributed by atoms with Gasteiger partial charge in [-0.3, -0.25) is 9.59 Å². The molecule has 0 aliphatic heterocycles. The number of Topliss-reactive ketones (excluding diaryl/α,β-unsaturated/α-hetero) is 1. The average Bonchev–Trinajstić information content (AvgIpc) is 2.52. The van der Waals surface area contributed by atoms with Crippen molar-refractivity contribution in [1.29, 1.82) is 0 Å². The van der Waals surface area contributed by atoms with Gasteiger partial charge in [0.15, 0.2) is 0 Å².